The van der Waals surface area contributed by atoms with Crippen molar-refractivity contribution in [2.24, 2.45) is 5.92 Å². The summed E-state index contributed by atoms with van der Waals surface area (Å²) in [4.78, 5) is 11.4. The van der Waals surface area contributed by atoms with Gasteiger partial charge in [0, 0.05) is 12.7 Å². The van der Waals surface area contributed by atoms with Crippen molar-refractivity contribution in [2.45, 2.75) is 20.5 Å². The number of carbonyl (C=O) groups is 1. The molecule has 0 aromatic heterocycles. The van der Waals surface area contributed by atoms with Gasteiger partial charge in [-0.1, -0.05) is 32.0 Å². The van der Waals surface area contributed by atoms with Gasteiger partial charge in [-0.3, -0.25) is 4.79 Å². The Morgan fingerprint density at radius 3 is 2.60 bits per heavy atom. The Morgan fingerprint density at radius 1 is 1.33 bits per heavy atom. The summed E-state index contributed by atoms with van der Waals surface area (Å²) in [5, 5.41) is 0. The predicted octanol–water partition coefficient (Wildman–Crippen LogP) is 2.39. The summed E-state index contributed by atoms with van der Waals surface area (Å²) in [5.74, 6) is 0.234. The predicted molar refractivity (Wildman–Crippen MR) is 57.6 cm³/mol. The van der Waals surface area contributed by atoms with Crippen LogP contribution in [0.2, 0.25) is 0 Å². The van der Waals surface area contributed by atoms with Gasteiger partial charge in [0.25, 0.3) is 0 Å². The van der Waals surface area contributed by atoms with Crippen LogP contribution in [0.4, 0.5) is 0 Å². The molecule has 1 aromatic rings. The Labute approximate surface area is 90.0 Å². The molecule has 0 bridgehead atoms. The Kier molecular flexibility index (Phi) is 4.31. The third-order valence-corrected chi connectivity index (χ3v) is 1.95. The second kappa shape index (κ2) is 5.51. The van der Waals surface area contributed by atoms with Crippen LogP contribution in [-0.2, 0) is 16.1 Å². The fourth-order valence-corrected chi connectivity index (χ4v) is 1.10. The molecule has 15 heavy (non-hydrogen) atoms. The summed E-state index contributed by atoms with van der Waals surface area (Å²) >= 11 is 0. The van der Waals surface area contributed by atoms with Gasteiger partial charge in [-0.15, -0.1) is 0 Å². The molecule has 0 aliphatic heterocycles. The van der Waals surface area contributed by atoms with Crippen molar-refractivity contribution in [2.75, 3.05) is 7.11 Å². The fraction of sp³-hybridized carbons (Fsp3) is 0.417. The van der Waals surface area contributed by atoms with Gasteiger partial charge >= 0.3 is 5.97 Å². The van der Waals surface area contributed by atoms with Gasteiger partial charge in [0.2, 0.25) is 0 Å². The van der Waals surface area contributed by atoms with Crippen LogP contribution in [0.3, 0.4) is 0 Å². The summed E-state index contributed by atoms with van der Waals surface area (Å²) in [6.07, 6.45) is 0. The number of para-hydroxylation sites is 1. The van der Waals surface area contributed by atoms with Gasteiger partial charge in [-0.25, -0.2) is 0 Å². The Hall–Kier alpha value is -1.35. The standard InChI is InChI=1S/C12H16O3/c1-9(2)12(13)15-11-7-5-4-6-10(11)8-14-3/h4-7,9H,8H2,1-3H3. The molecule has 0 aliphatic carbocycles. The summed E-state index contributed by atoms with van der Waals surface area (Å²) in [6.45, 7) is 4.06. The number of benzene rings is 1. The van der Waals surface area contributed by atoms with Crippen molar-refractivity contribution >= 4 is 5.97 Å². The van der Waals surface area contributed by atoms with Crippen LogP contribution in [0.15, 0.2) is 24.3 Å². The van der Waals surface area contributed by atoms with Crippen LogP contribution in [0.5, 0.6) is 5.75 Å². The van der Waals surface area contributed by atoms with E-state index >= 15 is 0 Å². The lowest BCUT2D eigenvalue weighted by Gasteiger charge is -2.10. The molecule has 0 N–H and O–H groups in total. The third kappa shape index (κ3) is 3.36. The van der Waals surface area contributed by atoms with Gasteiger partial charge in [0.15, 0.2) is 0 Å². The second-order valence-corrected chi connectivity index (χ2v) is 3.62. The van der Waals surface area contributed by atoms with E-state index < -0.39 is 0 Å². The molecule has 0 amide bonds. The van der Waals surface area contributed by atoms with E-state index in [1.54, 1.807) is 27.0 Å². The lowest BCUT2D eigenvalue weighted by Crippen LogP contribution is -2.15. The number of hydrogen-bond donors (Lipinski definition) is 0. The highest BCUT2D eigenvalue weighted by Gasteiger charge is 2.11. The molecule has 0 unspecified atom stereocenters. The highest BCUT2D eigenvalue weighted by Crippen LogP contribution is 2.19. The van der Waals surface area contributed by atoms with E-state index in [0.717, 1.165) is 5.56 Å². The zero-order valence-electron chi connectivity index (χ0n) is 9.32. The van der Waals surface area contributed by atoms with E-state index in [2.05, 4.69) is 0 Å². The first-order valence-electron chi connectivity index (χ1n) is 4.93. The summed E-state index contributed by atoms with van der Waals surface area (Å²) in [7, 11) is 1.61. The number of methoxy groups -OCH3 is 1. The quantitative estimate of drug-likeness (QED) is 0.563. The van der Waals surface area contributed by atoms with Crippen molar-refractivity contribution in [3.05, 3.63) is 29.8 Å². The molecule has 0 saturated carbocycles. The molecule has 0 radical (unpaired) electrons. The largest absolute Gasteiger partial charge is 0.426 e. The lowest BCUT2D eigenvalue weighted by molar-refractivity contribution is -0.137. The van der Waals surface area contributed by atoms with E-state index in [4.69, 9.17) is 9.47 Å². The van der Waals surface area contributed by atoms with Crippen LogP contribution in [0.1, 0.15) is 19.4 Å². The third-order valence-electron chi connectivity index (χ3n) is 1.95. The zero-order valence-corrected chi connectivity index (χ0v) is 9.32. The van der Waals surface area contributed by atoms with E-state index in [-0.39, 0.29) is 11.9 Å². The van der Waals surface area contributed by atoms with Gasteiger partial charge in [-0.2, -0.15) is 0 Å². The highest BCUT2D eigenvalue weighted by molar-refractivity contribution is 5.74. The molecule has 0 saturated heterocycles. The molecule has 0 fully saturated rings. The van der Waals surface area contributed by atoms with Crippen LogP contribution in [0.25, 0.3) is 0 Å². The minimum Gasteiger partial charge on any atom is -0.426 e. The van der Waals surface area contributed by atoms with Gasteiger partial charge in [-0.05, 0) is 6.07 Å². The first-order valence-corrected chi connectivity index (χ1v) is 4.93. The van der Waals surface area contributed by atoms with E-state index in [0.29, 0.717) is 12.4 Å². The fourth-order valence-electron chi connectivity index (χ4n) is 1.10. The second-order valence-electron chi connectivity index (χ2n) is 3.62. The summed E-state index contributed by atoms with van der Waals surface area (Å²) < 4.78 is 10.3. The number of hydrogen-bond acceptors (Lipinski definition) is 3. The average molecular weight is 208 g/mol. The normalized spacial score (nSPS) is 10.4. The van der Waals surface area contributed by atoms with Crippen molar-refractivity contribution in [1.82, 2.24) is 0 Å². The number of esters is 1. The maximum absolute atomic E-state index is 11.4. The average Bonchev–Trinajstić information content (AvgIpc) is 2.21. The van der Waals surface area contributed by atoms with Crippen LogP contribution >= 0.6 is 0 Å². The molecule has 1 rings (SSSR count). The number of rotatable bonds is 4. The van der Waals surface area contributed by atoms with Crippen molar-refractivity contribution in [3.63, 3.8) is 0 Å². The van der Waals surface area contributed by atoms with Crippen molar-refractivity contribution in [1.29, 1.82) is 0 Å². The maximum atomic E-state index is 11.4. The van der Waals surface area contributed by atoms with Crippen molar-refractivity contribution in [3.8, 4) is 5.75 Å². The molecule has 82 valence electrons. The molecule has 0 atom stereocenters. The zero-order chi connectivity index (χ0) is 11.3. The molecule has 0 heterocycles. The van der Waals surface area contributed by atoms with E-state index in [1.807, 2.05) is 18.2 Å². The highest BCUT2D eigenvalue weighted by atomic mass is 16.5. The molecular weight excluding hydrogens is 192 g/mol. The topological polar surface area (TPSA) is 35.5 Å². The van der Waals surface area contributed by atoms with Gasteiger partial charge in [0.1, 0.15) is 5.75 Å². The Bertz CT molecular complexity index is 331. The number of carbonyl (C=O) groups excluding carboxylic acids is 1. The van der Waals surface area contributed by atoms with Gasteiger partial charge in [0.05, 0.1) is 12.5 Å². The summed E-state index contributed by atoms with van der Waals surface area (Å²) in [5.41, 5.74) is 0.883. The maximum Gasteiger partial charge on any atom is 0.313 e. The Balaban J connectivity index is 2.79. The van der Waals surface area contributed by atoms with Gasteiger partial charge < -0.3 is 9.47 Å². The van der Waals surface area contributed by atoms with Crippen LogP contribution in [0, 0.1) is 5.92 Å². The van der Waals surface area contributed by atoms with E-state index in [1.165, 1.54) is 0 Å². The smallest absolute Gasteiger partial charge is 0.313 e. The molecule has 0 aliphatic rings. The summed E-state index contributed by atoms with van der Waals surface area (Å²) in [6, 6.07) is 7.38. The monoisotopic (exact) mass is 208 g/mol. The van der Waals surface area contributed by atoms with E-state index in [9.17, 15) is 4.79 Å². The molecule has 3 nitrogen and oxygen atoms in total. The minimum absolute atomic E-state index is 0.124. The Morgan fingerprint density at radius 2 is 2.00 bits per heavy atom. The number of ether oxygens (including phenoxy) is 2. The first kappa shape index (κ1) is 11.7. The molecule has 3 heteroatoms. The molecule has 0 spiro atoms. The first-order chi connectivity index (χ1) is 7.15. The van der Waals surface area contributed by atoms with Crippen LogP contribution in [-0.4, -0.2) is 13.1 Å². The van der Waals surface area contributed by atoms with Crippen LogP contribution < -0.4 is 4.74 Å². The SMILES string of the molecule is COCc1ccccc1OC(=O)C(C)C. The minimum atomic E-state index is -0.224. The molecular formula is C12H16O3. The van der Waals surface area contributed by atoms with Crippen molar-refractivity contribution < 1.29 is 14.3 Å². The lowest BCUT2D eigenvalue weighted by atomic mass is 10.2. The molecule has 1 aromatic carbocycles.